The van der Waals surface area contributed by atoms with Crippen LogP contribution >= 0.6 is 0 Å². The molecule has 0 amide bonds. The van der Waals surface area contributed by atoms with Crippen LogP contribution in [0.1, 0.15) is 67.3 Å². The van der Waals surface area contributed by atoms with Crippen molar-refractivity contribution in [2.45, 2.75) is 58.0 Å². The maximum atomic E-state index is 11.5. The minimum absolute atomic E-state index is 0.168. The Morgan fingerprint density at radius 2 is 1.08 bits per heavy atom. The molecule has 4 aromatic rings. The maximum Gasteiger partial charge on any atom is 0.335 e. The monoisotopic (exact) mass is 661 g/mol. The fourth-order valence-electron chi connectivity index (χ4n) is 5.82. The highest BCUT2D eigenvalue weighted by molar-refractivity contribution is 5.88. The zero-order valence-corrected chi connectivity index (χ0v) is 27.8. The Kier molecular flexibility index (Phi) is 11.8. The van der Waals surface area contributed by atoms with Gasteiger partial charge in [0.25, 0.3) is 0 Å². The molecular weight excluding hydrogens is 618 g/mol. The summed E-state index contributed by atoms with van der Waals surface area (Å²) in [5, 5.41) is 9.45. The topological polar surface area (TPSA) is 96.3 Å². The van der Waals surface area contributed by atoms with E-state index in [1.807, 2.05) is 48.5 Å². The summed E-state index contributed by atoms with van der Waals surface area (Å²) in [6.45, 7) is 2.38. The third-order valence-corrected chi connectivity index (χ3v) is 8.29. The number of hydrogen-bond acceptors (Lipinski definition) is 7. The van der Waals surface area contributed by atoms with E-state index in [1.54, 1.807) is 18.2 Å². The van der Waals surface area contributed by atoms with Crippen LogP contribution in [0.2, 0.25) is 0 Å². The fraction of sp³-hybridized carbons (Fsp3) is 0.317. The minimum Gasteiger partial charge on any atom is -0.493 e. The lowest BCUT2D eigenvalue weighted by Gasteiger charge is -2.20. The Balaban J connectivity index is 1.45. The summed E-state index contributed by atoms with van der Waals surface area (Å²) in [6, 6.07) is 22.3. The van der Waals surface area contributed by atoms with Crippen molar-refractivity contribution in [1.29, 1.82) is 0 Å². The summed E-state index contributed by atoms with van der Waals surface area (Å²) in [5.41, 5.74) is 4.02. The van der Waals surface area contributed by atoms with Gasteiger partial charge in [-0.25, -0.2) is 9.78 Å². The van der Waals surface area contributed by atoms with Crippen LogP contribution in [0.3, 0.4) is 0 Å². The lowest BCUT2D eigenvalue weighted by molar-refractivity contribution is 0.0696. The summed E-state index contributed by atoms with van der Waals surface area (Å²) >= 11 is 0. The Morgan fingerprint density at radius 1 is 0.612 bits per heavy atom. The third kappa shape index (κ3) is 9.22. The first-order valence-electron chi connectivity index (χ1n) is 17.2. The molecule has 49 heavy (non-hydrogen) atoms. The number of carboxylic acid groups (broad SMARTS) is 1. The summed E-state index contributed by atoms with van der Waals surface area (Å²) in [4.78, 5) is 16.7. The number of ether oxygens (including phenoxy) is 5. The van der Waals surface area contributed by atoms with Gasteiger partial charge in [0, 0.05) is 0 Å². The van der Waals surface area contributed by atoms with Gasteiger partial charge in [-0.3, -0.25) is 0 Å². The molecule has 0 atom stereocenters. The molecule has 8 nitrogen and oxygen atoms in total. The molecule has 0 saturated heterocycles. The van der Waals surface area contributed by atoms with Gasteiger partial charge in [0.2, 0.25) is 0 Å². The SMILES string of the molecule is O=C(O)c1cccc(OCc2cc3c4c(c2)OCCC/C=C/CCCOc2cccc(c2-c2cccc-4n2)OCCC/C=C/CCCO3)c1. The second-order valence-electron chi connectivity index (χ2n) is 12.0. The van der Waals surface area contributed by atoms with E-state index in [1.165, 1.54) is 6.07 Å². The Labute approximate surface area is 288 Å². The molecule has 2 aliphatic heterocycles. The van der Waals surface area contributed by atoms with E-state index in [2.05, 4.69) is 24.3 Å². The maximum absolute atomic E-state index is 11.5. The Morgan fingerprint density at radius 3 is 1.61 bits per heavy atom. The molecule has 254 valence electrons. The number of pyridine rings is 1. The molecule has 0 spiro atoms. The number of benzene rings is 3. The molecule has 1 aromatic heterocycles. The second-order valence-corrected chi connectivity index (χ2v) is 12.0. The highest BCUT2D eigenvalue weighted by Crippen LogP contribution is 2.43. The number of hydrogen-bond donors (Lipinski definition) is 1. The highest BCUT2D eigenvalue weighted by atomic mass is 16.5. The summed E-state index contributed by atoms with van der Waals surface area (Å²) in [7, 11) is 0. The minimum atomic E-state index is -1.00. The van der Waals surface area contributed by atoms with E-state index in [0.29, 0.717) is 49.4 Å². The van der Waals surface area contributed by atoms with Crippen molar-refractivity contribution >= 4 is 5.97 Å². The average molecular weight is 662 g/mol. The van der Waals surface area contributed by atoms with Crippen molar-refractivity contribution in [3.05, 3.63) is 108 Å². The summed E-state index contributed by atoms with van der Waals surface area (Å²) < 4.78 is 31.9. The van der Waals surface area contributed by atoms with Crippen molar-refractivity contribution < 1.29 is 33.6 Å². The largest absolute Gasteiger partial charge is 0.493 e. The molecule has 3 aromatic carbocycles. The van der Waals surface area contributed by atoms with Crippen LogP contribution in [0.4, 0.5) is 0 Å². The lowest BCUT2D eigenvalue weighted by Crippen LogP contribution is -2.06. The van der Waals surface area contributed by atoms with Crippen molar-refractivity contribution in [2.24, 2.45) is 0 Å². The molecular formula is C41H43NO7. The molecule has 4 bridgehead atoms. The standard InChI is InChI=1S/C41H43NO7/c43-41(44)31-16-13-17-32(28-31)49-29-30-26-37-40-34-19-14-18-33(42-34)39-35(45-22-9-5-1-3-7-11-24-47-37)20-15-21-36(39)46-23-10-6-2-4-8-12-25-48-38(40)27-30/h1-4,13-21,26-28H,5-12,22-25,29H2,(H,43,44)/b3-1+,4-2+. The van der Waals surface area contributed by atoms with Crippen molar-refractivity contribution in [3.8, 4) is 51.3 Å². The highest BCUT2D eigenvalue weighted by Gasteiger charge is 2.21. The van der Waals surface area contributed by atoms with Gasteiger partial charge in [0.15, 0.2) is 0 Å². The smallest absolute Gasteiger partial charge is 0.335 e. The first-order valence-corrected chi connectivity index (χ1v) is 17.2. The molecule has 3 heterocycles. The average Bonchev–Trinajstić information content (AvgIpc) is 3.12. The summed E-state index contributed by atoms with van der Waals surface area (Å²) in [6.07, 6.45) is 16.0. The number of allylic oxidation sites excluding steroid dienone is 4. The van der Waals surface area contributed by atoms with Gasteiger partial charge < -0.3 is 28.8 Å². The van der Waals surface area contributed by atoms with Crippen LogP contribution in [0.5, 0.6) is 28.7 Å². The molecule has 8 heteroatoms. The van der Waals surface area contributed by atoms with Gasteiger partial charge in [0.05, 0.1) is 54.5 Å². The number of aromatic carboxylic acids is 1. The van der Waals surface area contributed by atoms with E-state index in [-0.39, 0.29) is 12.2 Å². The van der Waals surface area contributed by atoms with Crippen LogP contribution in [0, 0.1) is 0 Å². The Hall–Kier alpha value is -5.24. The van der Waals surface area contributed by atoms with Gasteiger partial charge in [-0.2, -0.15) is 0 Å². The van der Waals surface area contributed by atoms with Gasteiger partial charge in [0.1, 0.15) is 35.4 Å². The number of rotatable bonds is 4. The molecule has 0 radical (unpaired) electrons. The second kappa shape index (κ2) is 17.2. The van der Waals surface area contributed by atoms with E-state index < -0.39 is 5.97 Å². The van der Waals surface area contributed by atoms with Crippen LogP contribution in [-0.2, 0) is 6.61 Å². The molecule has 6 rings (SSSR count). The zero-order valence-electron chi connectivity index (χ0n) is 27.8. The number of carbonyl (C=O) groups is 1. The van der Waals surface area contributed by atoms with E-state index in [9.17, 15) is 9.90 Å². The first-order chi connectivity index (χ1) is 24.2. The summed E-state index contributed by atoms with van der Waals surface area (Å²) in [5.74, 6) is 2.23. The molecule has 0 fully saturated rings. The number of aromatic nitrogens is 1. The molecule has 0 aliphatic carbocycles. The molecule has 0 unspecified atom stereocenters. The van der Waals surface area contributed by atoms with Crippen molar-refractivity contribution in [3.63, 3.8) is 0 Å². The first kappa shape index (κ1) is 33.7. The normalized spacial score (nSPS) is 16.8. The van der Waals surface area contributed by atoms with Gasteiger partial charge in [-0.15, -0.1) is 0 Å². The van der Waals surface area contributed by atoms with E-state index in [0.717, 1.165) is 85.2 Å². The van der Waals surface area contributed by atoms with Crippen LogP contribution in [-0.4, -0.2) is 42.5 Å². The van der Waals surface area contributed by atoms with Crippen LogP contribution in [0.15, 0.2) is 97.1 Å². The van der Waals surface area contributed by atoms with Gasteiger partial charge >= 0.3 is 5.97 Å². The van der Waals surface area contributed by atoms with Crippen LogP contribution < -0.4 is 23.7 Å². The third-order valence-electron chi connectivity index (χ3n) is 8.29. The predicted octanol–water partition coefficient (Wildman–Crippen LogP) is 9.47. The van der Waals surface area contributed by atoms with E-state index in [4.69, 9.17) is 28.7 Å². The van der Waals surface area contributed by atoms with Crippen molar-refractivity contribution in [2.75, 3.05) is 26.4 Å². The van der Waals surface area contributed by atoms with Gasteiger partial charge in [-0.1, -0.05) is 42.5 Å². The van der Waals surface area contributed by atoms with E-state index >= 15 is 0 Å². The predicted molar refractivity (Wildman–Crippen MR) is 190 cm³/mol. The quantitative estimate of drug-likeness (QED) is 0.216. The molecule has 0 saturated carbocycles. The van der Waals surface area contributed by atoms with Crippen molar-refractivity contribution in [1.82, 2.24) is 4.98 Å². The van der Waals surface area contributed by atoms with Crippen LogP contribution in [0.25, 0.3) is 22.5 Å². The fourth-order valence-corrected chi connectivity index (χ4v) is 5.82. The lowest BCUT2D eigenvalue weighted by atomic mass is 10.0. The van der Waals surface area contributed by atoms with Gasteiger partial charge in [-0.05, 0) is 112 Å². The number of carboxylic acids is 1. The number of nitrogens with zero attached hydrogens (tertiary/aromatic N) is 1. The molecule has 2 aliphatic rings. The zero-order chi connectivity index (χ0) is 33.7. The molecule has 1 N–H and O–H groups in total. The Bertz CT molecular complexity index is 1710.